The second-order valence-electron chi connectivity index (χ2n) is 8.61. The van der Waals surface area contributed by atoms with Crippen LogP contribution in [0.1, 0.15) is 31.4 Å². The zero-order chi connectivity index (χ0) is 19.3. The first kappa shape index (κ1) is 20.4. The molecule has 160 valence electrons. The molecule has 0 unspecified atom stereocenters. The summed E-state index contributed by atoms with van der Waals surface area (Å²) in [6, 6.07) is -0.0757. The third-order valence-corrected chi connectivity index (χ3v) is 7.02. The van der Waals surface area contributed by atoms with Crippen molar-refractivity contribution in [3.8, 4) is 0 Å². The van der Waals surface area contributed by atoms with Crippen LogP contribution in [-0.4, -0.2) is 83.3 Å². The molecule has 2 amide bonds. The number of fused-ring (bicyclic) bond motifs is 4. The SMILES string of the molecule is Cc1nonc1N1CCN(C(=O)[C@H]2[C@@H]3CNC[C@@H](C3)[C@@H]3CCCC(=O)N32)CC1.Cl. The number of nitrogens with one attached hydrogen (secondary N) is 1. The topological polar surface area (TPSA) is 94.8 Å². The molecule has 4 aliphatic heterocycles. The Labute approximate surface area is 176 Å². The van der Waals surface area contributed by atoms with Crippen LogP contribution in [0.5, 0.6) is 0 Å². The first-order chi connectivity index (χ1) is 13.6. The number of aryl methyl sites for hydroxylation is 1. The lowest BCUT2D eigenvalue weighted by Crippen LogP contribution is -2.69. The van der Waals surface area contributed by atoms with Crippen molar-refractivity contribution in [2.24, 2.45) is 11.8 Å². The molecule has 5 rings (SSSR count). The van der Waals surface area contributed by atoms with Crippen molar-refractivity contribution in [3.63, 3.8) is 0 Å². The molecule has 4 aliphatic rings. The highest BCUT2D eigenvalue weighted by molar-refractivity contribution is 5.89. The normalized spacial score (nSPS) is 31.9. The number of carbonyl (C=O) groups excluding carboxylic acids is 2. The summed E-state index contributed by atoms with van der Waals surface area (Å²) in [4.78, 5) is 32.4. The number of hydrogen-bond donors (Lipinski definition) is 1. The number of carbonyl (C=O) groups is 2. The number of aromatic nitrogens is 2. The van der Waals surface area contributed by atoms with E-state index in [0.29, 0.717) is 38.5 Å². The van der Waals surface area contributed by atoms with Gasteiger partial charge in [0.05, 0.1) is 0 Å². The fourth-order valence-corrected chi connectivity index (χ4v) is 5.67. The molecule has 9 nitrogen and oxygen atoms in total. The second-order valence-corrected chi connectivity index (χ2v) is 8.61. The van der Waals surface area contributed by atoms with Gasteiger partial charge < -0.3 is 20.0 Å². The summed E-state index contributed by atoms with van der Waals surface area (Å²) < 4.78 is 4.81. The first-order valence-corrected chi connectivity index (χ1v) is 10.5. The summed E-state index contributed by atoms with van der Waals surface area (Å²) in [7, 11) is 0. The maximum Gasteiger partial charge on any atom is 0.245 e. The van der Waals surface area contributed by atoms with E-state index >= 15 is 0 Å². The van der Waals surface area contributed by atoms with Crippen LogP contribution in [0.25, 0.3) is 0 Å². The van der Waals surface area contributed by atoms with E-state index in [-0.39, 0.29) is 42.2 Å². The van der Waals surface area contributed by atoms with E-state index in [2.05, 4.69) is 20.5 Å². The average molecular weight is 425 g/mol. The van der Waals surface area contributed by atoms with Crippen molar-refractivity contribution in [3.05, 3.63) is 5.69 Å². The van der Waals surface area contributed by atoms with Crippen LogP contribution < -0.4 is 10.2 Å². The van der Waals surface area contributed by atoms with Crippen molar-refractivity contribution < 1.29 is 14.2 Å². The Morgan fingerprint density at radius 2 is 1.90 bits per heavy atom. The molecule has 4 fully saturated rings. The minimum absolute atomic E-state index is 0. The van der Waals surface area contributed by atoms with Crippen LogP contribution >= 0.6 is 12.4 Å². The first-order valence-electron chi connectivity index (χ1n) is 10.5. The lowest BCUT2D eigenvalue weighted by Gasteiger charge is -2.54. The number of hydrogen-bond acceptors (Lipinski definition) is 7. The van der Waals surface area contributed by atoms with Gasteiger partial charge in [-0.2, -0.15) is 0 Å². The van der Waals surface area contributed by atoms with Gasteiger partial charge >= 0.3 is 0 Å². The van der Waals surface area contributed by atoms with E-state index in [1.54, 1.807) is 0 Å². The lowest BCUT2D eigenvalue weighted by molar-refractivity contribution is -0.162. The molecule has 2 bridgehead atoms. The fraction of sp³-hybridized carbons (Fsp3) is 0.789. The highest BCUT2D eigenvalue weighted by Crippen LogP contribution is 2.40. The number of nitrogens with zero attached hydrogens (tertiary/aromatic N) is 5. The molecule has 0 aromatic carbocycles. The van der Waals surface area contributed by atoms with Crippen LogP contribution in [0.2, 0.25) is 0 Å². The quantitative estimate of drug-likeness (QED) is 0.735. The van der Waals surface area contributed by atoms with Gasteiger partial charge in [0.1, 0.15) is 11.7 Å². The highest BCUT2D eigenvalue weighted by Gasteiger charge is 2.51. The van der Waals surface area contributed by atoms with Gasteiger partial charge in [-0.1, -0.05) is 5.16 Å². The monoisotopic (exact) mass is 424 g/mol. The van der Waals surface area contributed by atoms with E-state index in [9.17, 15) is 9.59 Å². The second kappa shape index (κ2) is 8.10. The predicted molar refractivity (Wildman–Crippen MR) is 108 cm³/mol. The molecule has 0 aliphatic carbocycles. The maximum atomic E-state index is 13.6. The van der Waals surface area contributed by atoms with Crippen molar-refractivity contribution >= 4 is 30.0 Å². The van der Waals surface area contributed by atoms with E-state index < -0.39 is 0 Å². The number of piperazine rings is 1. The molecule has 5 heterocycles. The Balaban J connectivity index is 0.00000205. The summed E-state index contributed by atoms with van der Waals surface area (Å²) in [5.41, 5.74) is 0.771. The molecule has 0 spiro atoms. The fourth-order valence-electron chi connectivity index (χ4n) is 5.67. The standard InChI is InChI=1S/C19H28N6O3.ClH/c1-12-18(22-28-21-12)23-5-7-24(8-6-23)19(27)17-14-9-13(10-20-11-14)15-3-2-4-16(26)25(15)17;/h13-15,17,20H,2-11H2,1H3;1H/t13-,14+,15+,17-;/m1./s1. The van der Waals surface area contributed by atoms with E-state index in [1.165, 1.54) is 0 Å². The molecular formula is C19H29ClN6O3. The van der Waals surface area contributed by atoms with Crippen LogP contribution in [0, 0.1) is 18.8 Å². The number of rotatable bonds is 2. The van der Waals surface area contributed by atoms with Gasteiger partial charge in [0.2, 0.25) is 11.8 Å². The zero-order valence-electron chi connectivity index (χ0n) is 16.7. The predicted octanol–water partition coefficient (Wildman–Crippen LogP) is 0.437. The minimum Gasteiger partial charge on any atom is -0.349 e. The summed E-state index contributed by atoms with van der Waals surface area (Å²) in [5.74, 6) is 1.78. The Morgan fingerprint density at radius 1 is 1.14 bits per heavy atom. The molecule has 29 heavy (non-hydrogen) atoms. The molecule has 4 saturated heterocycles. The Hall–Kier alpha value is -1.87. The highest BCUT2D eigenvalue weighted by atomic mass is 35.5. The molecule has 4 atom stereocenters. The van der Waals surface area contributed by atoms with E-state index in [4.69, 9.17) is 4.63 Å². The van der Waals surface area contributed by atoms with Gasteiger partial charge in [-0.3, -0.25) is 9.59 Å². The zero-order valence-corrected chi connectivity index (χ0v) is 17.6. The van der Waals surface area contributed by atoms with E-state index in [0.717, 1.165) is 43.9 Å². The third-order valence-electron chi connectivity index (χ3n) is 7.02. The number of piperidine rings is 3. The van der Waals surface area contributed by atoms with Crippen molar-refractivity contribution in [1.82, 2.24) is 25.4 Å². The van der Waals surface area contributed by atoms with Crippen LogP contribution in [0.3, 0.4) is 0 Å². The molecular weight excluding hydrogens is 396 g/mol. The lowest BCUT2D eigenvalue weighted by atomic mass is 9.72. The molecule has 1 aromatic heterocycles. The summed E-state index contributed by atoms with van der Waals surface area (Å²) in [6.07, 6.45) is 3.62. The average Bonchev–Trinajstić information content (AvgIpc) is 3.15. The van der Waals surface area contributed by atoms with Crippen LogP contribution in [-0.2, 0) is 9.59 Å². The number of anilines is 1. The van der Waals surface area contributed by atoms with Crippen LogP contribution in [0.4, 0.5) is 5.82 Å². The molecule has 1 N–H and O–H groups in total. The minimum atomic E-state index is -0.302. The van der Waals surface area contributed by atoms with Crippen molar-refractivity contribution in [2.75, 3.05) is 44.2 Å². The molecule has 1 aromatic rings. The van der Waals surface area contributed by atoms with Gasteiger partial charge in [-0.15, -0.1) is 12.4 Å². The molecule has 0 saturated carbocycles. The molecule has 0 radical (unpaired) electrons. The third kappa shape index (κ3) is 3.48. The van der Waals surface area contributed by atoms with Crippen molar-refractivity contribution in [2.45, 2.75) is 44.7 Å². The largest absolute Gasteiger partial charge is 0.349 e. The number of halogens is 1. The summed E-state index contributed by atoms with van der Waals surface area (Å²) in [5, 5.41) is 11.3. The van der Waals surface area contributed by atoms with Crippen LogP contribution in [0.15, 0.2) is 4.63 Å². The Bertz CT molecular complexity index is 765. The van der Waals surface area contributed by atoms with E-state index in [1.807, 2.05) is 16.7 Å². The van der Waals surface area contributed by atoms with Gasteiger partial charge in [-0.25, -0.2) is 4.63 Å². The van der Waals surface area contributed by atoms with Gasteiger partial charge in [0.25, 0.3) is 0 Å². The maximum absolute atomic E-state index is 13.6. The van der Waals surface area contributed by atoms with Crippen molar-refractivity contribution in [1.29, 1.82) is 0 Å². The van der Waals surface area contributed by atoms with Gasteiger partial charge in [0, 0.05) is 51.1 Å². The Kier molecular flexibility index (Phi) is 5.70. The number of amides is 2. The van der Waals surface area contributed by atoms with Gasteiger partial charge in [-0.05, 0) is 43.8 Å². The molecule has 10 heteroatoms. The Morgan fingerprint density at radius 3 is 2.62 bits per heavy atom. The summed E-state index contributed by atoms with van der Waals surface area (Å²) in [6.45, 7) is 6.35. The smallest absolute Gasteiger partial charge is 0.245 e. The van der Waals surface area contributed by atoms with Gasteiger partial charge in [0.15, 0.2) is 5.82 Å². The summed E-state index contributed by atoms with van der Waals surface area (Å²) >= 11 is 0.